The molecule has 1 fully saturated rings. The van der Waals surface area contributed by atoms with Gasteiger partial charge in [-0.2, -0.15) is 0 Å². The standard InChI is InChI=1S/C15H20N2O5/c1-21-11-6-10(7-12(8-11)22-2)16-14(18)9-17-5-3-4-13(17)15(19)20/h6-8,13H,3-5,9H2,1-2H3,(H,16,18)(H,19,20). The zero-order valence-electron chi connectivity index (χ0n) is 12.7. The van der Waals surface area contributed by atoms with Gasteiger partial charge >= 0.3 is 5.97 Å². The molecule has 0 bridgehead atoms. The summed E-state index contributed by atoms with van der Waals surface area (Å²) in [5.41, 5.74) is 0.548. The van der Waals surface area contributed by atoms with Crippen LogP contribution in [0.15, 0.2) is 18.2 Å². The highest BCUT2D eigenvalue weighted by molar-refractivity contribution is 5.93. The second kappa shape index (κ2) is 7.13. The first-order valence-electron chi connectivity index (χ1n) is 7.03. The first kappa shape index (κ1) is 16.1. The van der Waals surface area contributed by atoms with Crippen LogP contribution >= 0.6 is 0 Å². The summed E-state index contributed by atoms with van der Waals surface area (Å²) in [5.74, 6) is -0.00437. The molecule has 0 radical (unpaired) electrons. The van der Waals surface area contributed by atoms with Crippen LogP contribution in [0.25, 0.3) is 0 Å². The number of aliphatic carboxylic acids is 1. The molecule has 1 aromatic carbocycles. The lowest BCUT2D eigenvalue weighted by atomic mass is 10.2. The normalized spacial score (nSPS) is 18.0. The summed E-state index contributed by atoms with van der Waals surface area (Å²) in [7, 11) is 3.06. The van der Waals surface area contributed by atoms with Crippen molar-refractivity contribution in [3.8, 4) is 11.5 Å². The number of nitrogens with one attached hydrogen (secondary N) is 1. The van der Waals surface area contributed by atoms with Crippen molar-refractivity contribution in [3.63, 3.8) is 0 Å². The van der Waals surface area contributed by atoms with Gasteiger partial charge in [0.2, 0.25) is 5.91 Å². The van der Waals surface area contributed by atoms with Crippen molar-refractivity contribution < 1.29 is 24.2 Å². The highest BCUT2D eigenvalue weighted by Crippen LogP contribution is 2.26. The van der Waals surface area contributed by atoms with Crippen molar-refractivity contribution in [2.24, 2.45) is 0 Å². The summed E-state index contributed by atoms with van der Waals surface area (Å²) in [5, 5.41) is 11.9. The van der Waals surface area contributed by atoms with Crippen LogP contribution in [0.1, 0.15) is 12.8 Å². The highest BCUT2D eigenvalue weighted by atomic mass is 16.5. The molecular weight excluding hydrogens is 288 g/mol. The van der Waals surface area contributed by atoms with Crippen molar-refractivity contribution in [1.29, 1.82) is 0 Å². The van der Waals surface area contributed by atoms with Crippen molar-refractivity contribution >= 4 is 17.6 Å². The summed E-state index contributed by atoms with van der Waals surface area (Å²) >= 11 is 0. The molecule has 22 heavy (non-hydrogen) atoms. The molecule has 0 saturated carbocycles. The Morgan fingerprint density at radius 3 is 2.45 bits per heavy atom. The van der Waals surface area contributed by atoms with Gasteiger partial charge in [0.25, 0.3) is 0 Å². The monoisotopic (exact) mass is 308 g/mol. The third-order valence-corrected chi connectivity index (χ3v) is 3.63. The third kappa shape index (κ3) is 3.88. The lowest BCUT2D eigenvalue weighted by molar-refractivity contribution is -0.142. The molecule has 7 heteroatoms. The zero-order valence-corrected chi connectivity index (χ0v) is 12.7. The van der Waals surface area contributed by atoms with Gasteiger partial charge in [0.1, 0.15) is 17.5 Å². The molecule has 120 valence electrons. The van der Waals surface area contributed by atoms with Crippen molar-refractivity contribution in [2.75, 3.05) is 32.6 Å². The van der Waals surface area contributed by atoms with Gasteiger partial charge in [-0.3, -0.25) is 14.5 Å². The topological polar surface area (TPSA) is 88.1 Å². The van der Waals surface area contributed by atoms with Crippen LogP contribution in [-0.4, -0.2) is 55.2 Å². The number of ether oxygens (including phenoxy) is 2. The Kier molecular flexibility index (Phi) is 5.21. The molecule has 1 aliphatic rings. The number of carboxylic acid groups (broad SMARTS) is 1. The Labute approximate surface area is 128 Å². The summed E-state index contributed by atoms with van der Waals surface area (Å²) in [6, 6.07) is 4.49. The van der Waals surface area contributed by atoms with Crippen molar-refractivity contribution in [1.82, 2.24) is 4.90 Å². The molecule has 0 aliphatic carbocycles. The number of likely N-dealkylation sites (tertiary alicyclic amines) is 1. The smallest absolute Gasteiger partial charge is 0.320 e. The number of hydrogen-bond donors (Lipinski definition) is 2. The molecule has 7 nitrogen and oxygen atoms in total. The van der Waals surface area contributed by atoms with Crippen LogP contribution in [0, 0.1) is 0 Å². The van der Waals surface area contributed by atoms with E-state index in [0.29, 0.717) is 30.2 Å². The van der Waals surface area contributed by atoms with Gasteiger partial charge in [-0.1, -0.05) is 0 Å². The number of carbonyl (C=O) groups is 2. The zero-order chi connectivity index (χ0) is 16.1. The Morgan fingerprint density at radius 2 is 1.91 bits per heavy atom. The van der Waals surface area contributed by atoms with Gasteiger partial charge in [0.05, 0.1) is 20.8 Å². The van der Waals surface area contributed by atoms with E-state index in [9.17, 15) is 9.59 Å². The fourth-order valence-corrected chi connectivity index (χ4v) is 2.56. The van der Waals surface area contributed by atoms with Crippen LogP contribution in [0.4, 0.5) is 5.69 Å². The molecule has 2 N–H and O–H groups in total. The van der Waals surface area contributed by atoms with Gasteiger partial charge in [0.15, 0.2) is 0 Å². The Hall–Kier alpha value is -2.28. The fourth-order valence-electron chi connectivity index (χ4n) is 2.56. The van der Waals surface area contributed by atoms with Gasteiger partial charge in [-0.25, -0.2) is 0 Å². The van der Waals surface area contributed by atoms with Crippen LogP contribution in [0.3, 0.4) is 0 Å². The van der Waals surface area contributed by atoms with E-state index in [-0.39, 0.29) is 12.5 Å². The molecular formula is C15H20N2O5. The van der Waals surface area contributed by atoms with Crippen molar-refractivity contribution in [3.05, 3.63) is 18.2 Å². The number of benzene rings is 1. The quantitative estimate of drug-likeness (QED) is 0.821. The number of nitrogens with zero attached hydrogens (tertiary/aromatic N) is 1. The van der Waals surface area contributed by atoms with Crippen molar-refractivity contribution in [2.45, 2.75) is 18.9 Å². The van der Waals surface area contributed by atoms with Gasteiger partial charge in [-0.15, -0.1) is 0 Å². The number of anilines is 1. The van der Waals surface area contributed by atoms with E-state index in [2.05, 4.69) is 5.32 Å². The van der Waals surface area contributed by atoms with E-state index < -0.39 is 12.0 Å². The Bertz CT molecular complexity index is 539. The highest BCUT2D eigenvalue weighted by Gasteiger charge is 2.31. The lowest BCUT2D eigenvalue weighted by Crippen LogP contribution is -2.40. The Morgan fingerprint density at radius 1 is 1.27 bits per heavy atom. The molecule has 2 rings (SSSR count). The van der Waals surface area contributed by atoms with E-state index >= 15 is 0 Å². The number of carboxylic acids is 1. The predicted molar refractivity (Wildman–Crippen MR) is 80.4 cm³/mol. The second-order valence-corrected chi connectivity index (χ2v) is 5.12. The van der Waals surface area contributed by atoms with Crippen LogP contribution in [0.2, 0.25) is 0 Å². The molecule has 1 heterocycles. The molecule has 1 atom stereocenters. The number of hydrogen-bond acceptors (Lipinski definition) is 5. The van der Waals surface area contributed by atoms with Gasteiger partial charge < -0.3 is 19.9 Å². The van der Waals surface area contributed by atoms with Gasteiger partial charge in [0, 0.05) is 23.9 Å². The van der Waals surface area contributed by atoms with Gasteiger partial charge in [-0.05, 0) is 19.4 Å². The fraction of sp³-hybridized carbons (Fsp3) is 0.467. The summed E-state index contributed by atoms with van der Waals surface area (Å²) in [4.78, 5) is 24.9. The molecule has 0 aromatic heterocycles. The van der Waals surface area contributed by atoms with Crippen LogP contribution < -0.4 is 14.8 Å². The first-order valence-corrected chi connectivity index (χ1v) is 7.03. The molecule has 1 saturated heterocycles. The molecule has 1 aliphatic heterocycles. The van der Waals surface area contributed by atoms with Crippen LogP contribution in [-0.2, 0) is 9.59 Å². The third-order valence-electron chi connectivity index (χ3n) is 3.63. The largest absolute Gasteiger partial charge is 0.497 e. The van der Waals surface area contributed by atoms with E-state index in [1.807, 2.05) is 0 Å². The maximum Gasteiger partial charge on any atom is 0.320 e. The minimum atomic E-state index is -0.881. The minimum absolute atomic E-state index is 0.0521. The average molecular weight is 308 g/mol. The molecule has 1 unspecified atom stereocenters. The number of carbonyl (C=O) groups excluding carboxylic acids is 1. The first-order chi connectivity index (χ1) is 10.5. The Balaban J connectivity index is 2.01. The van der Waals surface area contributed by atoms with Crippen LogP contribution in [0.5, 0.6) is 11.5 Å². The average Bonchev–Trinajstić information content (AvgIpc) is 2.94. The minimum Gasteiger partial charge on any atom is -0.497 e. The summed E-state index contributed by atoms with van der Waals surface area (Å²) in [6.45, 7) is 0.669. The maximum atomic E-state index is 12.1. The van der Waals surface area contributed by atoms with E-state index in [1.165, 1.54) is 14.2 Å². The summed E-state index contributed by atoms with van der Waals surface area (Å²) < 4.78 is 10.3. The second-order valence-electron chi connectivity index (χ2n) is 5.12. The number of rotatable bonds is 6. The van der Waals surface area contributed by atoms with E-state index in [1.54, 1.807) is 23.1 Å². The SMILES string of the molecule is COc1cc(NC(=O)CN2CCCC2C(=O)O)cc(OC)c1. The number of methoxy groups -OCH3 is 2. The maximum absolute atomic E-state index is 12.1. The lowest BCUT2D eigenvalue weighted by Gasteiger charge is -2.20. The summed E-state index contributed by atoms with van der Waals surface area (Å²) in [6.07, 6.45) is 1.37. The van der Waals surface area contributed by atoms with E-state index in [4.69, 9.17) is 14.6 Å². The predicted octanol–water partition coefficient (Wildman–Crippen LogP) is 1.19. The molecule has 1 amide bonds. The molecule has 0 spiro atoms. The molecule has 1 aromatic rings. The van der Waals surface area contributed by atoms with E-state index in [0.717, 1.165) is 6.42 Å². The number of amides is 1.